The molecule has 3 nitrogen and oxygen atoms in total. The second-order valence-electron chi connectivity index (χ2n) is 2.61. The van der Waals surface area contributed by atoms with E-state index < -0.39 is 5.24 Å². The Labute approximate surface area is 87.6 Å². The summed E-state index contributed by atoms with van der Waals surface area (Å²) in [5, 5.41) is -0.516. The maximum absolute atomic E-state index is 11.0. The molecule has 0 amide bonds. The van der Waals surface area contributed by atoms with Crippen LogP contribution in [-0.2, 0) is 4.74 Å². The summed E-state index contributed by atoms with van der Waals surface area (Å²) in [7, 11) is 1.59. The third-order valence-electron chi connectivity index (χ3n) is 1.64. The Kier molecular flexibility index (Phi) is 4.43. The molecule has 14 heavy (non-hydrogen) atoms. The van der Waals surface area contributed by atoms with Gasteiger partial charge in [-0.15, -0.1) is 0 Å². The molecule has 0 heterocycles. The highest BCUT2D eigenvalue weighted by molar-refractivity contribution is 6.68. The second kappa shape index (κ2) is 5.62. The highest BCUT2D eigenvalue weighted by atomic mass is 35.5. The Morgan fingerprint density at radius 3 is 2.71 bits per heavy atom. The van der Waals surface area contributed by atoms with E-state index in [9.17, 15) is 4.79 Å². The van der Waals surface area contributed by atoms with Crippen LogP contribution in [0.3, 0.4) is 0 Å². The predicted molar refractivity (Wildman–Crippen MR) is 54.0 cm³/mol. The van der Waals surface area contributed by atoms with Gasteiger partial charge in [0, 0.05) is 7.11 Å². The molecular formula is C10H11ClO3. The largest absolute Gasteiger partial charge is 0.490 e. The zero-order valence-corrected chi connectivity index (χ0v) is 8.58. The van der Waals surface area contributed by atoms with E-state index in [4.69, 9.17) is 21.1 Å². The van der Waals surface area contributed by atoms with Crippen molar-refractivity contribution >= 4 is 16.8 Å². The van der Waals surface area contributed by atoms with E-state index in [-0.39, 0.29) is 0 Å². The van der Waals surface area contributed by atoms with Crippen LogP contribution in [-0.4, -0.2) is 25.6 Å². The molecule has 0 N–H and O–H groups in total. The standard InChI is InChI=1S/C10H11ClO3/c1-13-6-7-14-9-5-3-2-4-8(9)10(11)12/h2-5H,6-7H2,1H3. The van der Waals surface area contributed by atoms with Crippen molar-refractivity contribution in [2.24, 2.45) is 0 Å². The summed E-state index contributed by atoms with van der Waals surface area (Å²) in [6.45, 7) is 0.877. The van der Waals surface area contributed by atoms with Gasteiger partial charge < -0.3 is 9.47 Å². The molecule has 0 aliphatic rings. The molecule has 0 aliphatic heterocycles. The number of carbonyl (C=O) groups excluding carboxylic acids is 1. The van der Waals surface area contributed by atoms with Gasteiger partial charge in [0.15, 0.2) is 0 Å². The average Bonchev–Trinajstić information content (AvgIpc) is 2.19. The summed E-state index contributed by atoms with van der Waals surface area (Å²) in [5.74, 6) is 0.490. The topological polar surface area (TPSA) is 35.5 Å². The van der Waals surface area contributed by atoms with Gasteiger partial charge in [0.05, 0.1) is 12.2 Å². The van der Waals surface area contributed by atoms with Gasteiger partial charge in [-0.25, -0.2) is 0 Å². The molecule has 0 aliphatic carbocycles. The summed E-state index contributed by atoms with van der Waals surface area (Å²) in [4.78, 5) is 11.0. The molecule has 0 atom stereocenters. The quantitative estimate of drug-likeness (QED) is 0.556. The lowest BCUT2D eigenvalue weighted by Gasteiger charge is -2.07. The number of carbonyl (C=O) groups is 1. The number of ether oxygens (including phenoxy) is 2. The molecule has 4 heteroatoms. The van der Waals surface area contributed by atoms with Crippen LogP contribution in [0.2, 0.25) is 0 Å². The minimum absolute atomic E-state index is 0.380. The molecule has 0 saturated heterocycles. The first-order valence-corrected chi connectivity index (χ1v) is 4.54. The first kappa shape index (κ1) is 11.0. The summed E-state index contributed by atoms with van der Waals surface area (Å²) in [6.07, 6.45) is 0. The summed E-state index contributed by atoms with van der Waals surface area (Å²) < 4.78 is 10.1. The predicted octanol–water partition coefficient (Wildman–Crippen LogP) is 2.09. The lowest BCUT2D eigenvalue weighted by molar-refractivity contribution is 0.107. The van der Waals surface area contributed by atoms with Crippen LogP contribution < -0.4 is 4.74 Å². The molecular weight excluding hydrogens is 204 g/mol. The fourth-order valence-electron chi connectivity index (χ4n) is 0.990. The van der Waals surface area contributed by atoms with Gasteiger partial charge in [-0.3, -0.25) is 4.79 Å². The molecule has 1 aromatic rings. The fraction of sp³-hybridized carbons (Fsp3) is 0.300. The highest BCUT2D eigenvalue weighted by Gasteiger charge is 2.08. The van der Waals surface area contributed by atoms with Crippen molar-refractivity contribution in [2.75, 3.05) is 20.3 Å². The molecule has 0 radical (unpaired) electrons. The number of hydrogen-bond donors (Lipinski definition) is 0. The number of rotatable bonds is 5. The minimum atomic E-state index is -0.516. The molecule has 0 unspecified atom stereocenters. The van der Waals surface area contributed by atoms with Crippen molar-refractivity contribution in [3.05, 3.63) is 29.8 Å². The average molecular weight is 215 g/mol. The maximum atomic E-state index is 11.0. The van der Waals surface area contributed by atoms with E-state index in [2.05, 4.69) is 0 Å². The van der Waals surface area contributed by atoms with Crippen molar-refractivity contribution in [3.8, 4) is 5.75 Å². The third kappa shape index (κ3) is 3.01. The van der Waals surface area contributed by atoms with Gasteiger partial charge in [0.2, 0.25) is 0 Å². The Bertz CT molecular complexity index is 312. The Hall–Kier alpha value is -1.06. The number of para-hydroxylation sites is 1. The van der Waals surface area contributed by atoms with E-state index >= 15 is 0 Å². The molecule has 0 bridgehead atoms. The van der Waals surface area contributed by atoms with E-state index in [0.717, 1.165) is 0 Å². The van der Waals surface area contributed by atoms with Crippen LogP contribution in [0.15, 0.2) is 24.3 Å². The van der Waals surface area contributed by atoms with Gasteiger partial charge >= 0.3 is 0 Å². The van der Waals surface area contributed by atoms with Gasteiger partial charge in [-0.1, -0.05) is 12.1 Å². The van der Waals surface area contributed by atoms with Gasteiger partial charge in [-0.2, -0.15) is 0 Å². The van der Waals surface area contributed by atoms with Crippen molar-refractivity contribution in [1.82, 2.24) is 0 Å². The molecule has 1 aromatic carbocycles. The lowest BCUT2D eigenvalue weighted by Crippen LogP contribution is -2.06. The van der Waals surface area contributed by atoms with E-state index in [1.54, 1.807) is 31.4 Å². The second-order valence-corrected chi connectivity index (χ2v) is 2.95. The summed E-state index contributed by atoms with van der Waals surface area (Å²) in [6, 6.07) is 6.84. The molecule has 1 rings (SSSR count). The van der Waals surface area contributed by atoms with Crippen LogP contribution in [0.1, 0.15) is 10.4 Å². The Balaban J connectivity index is 2.69. The van der Waals surface area contributed by atoms with Crippen LogP contribution in [0.4, 0.5) is 0 Å². The number of methoxy groups -OCH3 is 1. The van der Waals surface area contributed by atoms with Crippen LogP contribution in [0.25, 0.3) is 0 Å². The third-order valence-corrected chi connectivity index (χ3v) is 1.85. The van der Waals surface area contributed by atoms with Crippen LogP contribution in [0.5, 0.6) is 5.75 Å². The Morgan fingerprint density at radius 2 is 2.07 bits per heavy atom. The van der Waals surface area contributed by atoms with Crippen molar-refractivity contribution in [2.45, 2.75) is 0 Å². The van der Waals surface area contributed by atoms with Gasteiger partial charge in [0.1, 0.15) is 12.4 Å². The van der Waals surface area contributed by atoms with Gasteiger partial charge in [-0.05, 0) is 23.7 Å². The summed E-state index contributed by atoms with van der Waals surface area (Å²) in [5.41, 5.74) is 0.380. The Morgan fingerprint density at radius 1 is 1.36 bits per heavy atom. The van der Waals surface area contributed by atoms with Crippen molar-refractivity contribution in [1.29, 1.82) is 0 Å². The smallest absolute Gasteiger partial charge is 0.256 e. The fourth-order valence-corrected chi connectivity index (χ4v) is 1.15. The lowest BCUT2D eigenvalue weighted by atomic mass is 10.2. The van der Waals surface area contributed by atoms with Gasteiger partial charge in [0.25, 0.3) is 5.24 Å². The highest BCUT2D eigenvalue weighted by Crippen LogP contribution is 2.19. The molecule has 0 spiro atoms. The van der Waals surface area contributed by atoms with E-state index in [0.29, 0.717) is 24.5 Å². The van der Waals surface area contributed by atoms with Crippen molar-refractivity contribution < 1.29 is 14.3 Å². The molecule has 0 aromatic heterocycles. The normalized spacial score (nSPS) is 9.86. The van der Waals surface area contributed by atoms with E-state index in [1.165, 1.54) is 0 Å². The minimum Gasteiger partial charge on any atom is -0.490 e. The first-order chi connectivity index (χ1) is 6.75. The number of benzene rings is 1. The summed E-state index contributed by atoms with van der Waals surface area (Å²) >= 11 is 5.37. The number of halogens is 1. The molecule has 0 saturated carbocycles. The molecule has 76 valence electrons. The van der Waals surface area contributed by atoms with E-state index in [1.807, 2.05) is 0 Å². The molecule has 0 fully saturated rings. The SMILES string of the molecule is COCCOc1ccccc1C(=O)Cl. The van der Waals surface area contributed by atoms with Crippen molar-refractivity contribution in [3.63, 3.8) is 0 Å². The monoisotopic (exact) mass is 214 g/mol. The first-order valence-electron chi connectivity index (χ1n) is 4.16. The maximum Gasteiger partial charge on any atom is 0.256 e. The zero-order valence-electron chi connectivity index (χ0n) is 7.83. The van der Waals surface area contributed by atoms with Crippen LogP contribution in [0, 0.1) is 0 Å². The van der Waals surface area contributed by atoms with Crippen LogP contribution >= 0.6 is 11.6 Å². The zero-order chi connectivity index (χ0) is 10.4. The number of hydrogen-bond acceptors (Lipinski definition) is 3.